The van der Waals surface area contributed by atoms with Gasteiger partial charge in [0.1, 0.15) is 6.67 Å². The van der Waals surface area contributed by atoms with Crippen molar-refractivity contribution in [1.29, 1.82) is 0 Å². The second-order valence-electron chi connectivity index (χ2n) is 5.46. The molecule has 2 N–H and O–H groups in total. The number of nitrogens with zero attached hydrogens (tertiary/aromatic N) is 1. The van der Waals surface area contributed by atoms with E-state index in [1.54, 1.807) is 6.20 Å². The van der Waals surface area contributed by atoms with E-state index < -0.39 is 6.67 Å². The second-order valence-corrected chi connectivity index (χ2v) is 5.46. The first-order valence-electron chi connectivity index (χ1n) is 7.73. The van der Waals surface area contributed by atoms with Gasteiger partial charge in [0.2, 0.25) is 0 Å². The number of pyridine rings is 1. The van der Waals surface area contributed by atoms with Gasteiger partial charge < -0.3 is 10.6 Å². The molecule has 1 unspecified atom stereocenters. The zero-order valence-electron chi connectivity index (χ0n) is 13.3. The molecule has 1 heterocycles. The standard InChI is InChI=1S/C18H22FN3O/c1-14-5-4-6-15(11-14)16(12-17-7-2-3-9-20-17)13-22-18(23)21-10-8-19/h2-7,9,11,16H,8,10,12-13H2,1H3,(H2,21,22,23). The molecule has 122 valence electrons. The number of aryl methyl sites for hydroxylation is 1. The van der Waals surface area contributed by atoms with Gasteiger partial charge in [0.05, 0.1) is 0 Å². The maximum atomic E-state index is 12.1. The molecule has 1 aromatic carbocycles. The lowest BCUT2D eigenvalue weighted by Crippen LogP contribution is -2.39. The number of hydrogen-bond donors (Lipinski definition) is 2. The highest BCUT2D eigenvalue weighted by Crippen LogP contribution is 2.20. The number of urea groups is 1. The Morgan fingerprint density at radius 1 is 1.22 bits per heavy atom. The highest BCUT2D eigenvalue weighted by Gasteiger charge is 2.14. The summed E-state index contributed by atoms with van der Waals surface area (Å²) in [5.74, 6) is 0.112. The molecule has 0 aliphatic carbocycles. The predicted molar refractivity (Wildman–Crippen MR) is 89.2 cm³/mol. The molecule has 0 aliphatic rings. The maximum absolute atomic E-state index is 12.1. The fourth-order valence-corrected chi connectivity index (χ4v) is 2.44. The Morgan fingerprint density at radius 3 is 2.78 bits per heavy atom. The molecule has 4 nitrogen and oxygen atoms in total. The fourth-order valence-electron chi connectivity index (χ4n) is 2.44. The summed E-state index contributed by atoms with van der Waals surface area (Å²) in [6, 6.07) is 13.7. The lowest BCUT2D eigenvalue weighted by molar-refractivity contribution is 0.239. The van der Waals surface area contributed by atoms with E-state index in [1.165, 1.54) is 5.56 Å². The van der Waals surface area contributed by atoms with Gasteiger partial charge >= 0.3 is 6.03 Å². The summed E-state index contributed by atoms with van der Waals surface area (Å²) < 4.78 is 12.1. The first-order chi connectivity index (χ1) is 11.2. The number of alkyl halides is 1. The summed E-state index contributed by atoms with van der Waals surface area (Å²) in [5.41, 5.74) is 3.31. The average Bonchev–Trinajstić information content (AvgIpc) is 2.57. The van der Waals surface area contributed by atoms with E-state index >= 15 is 0 Å². The van der Waals surface area contributed by atoms with E-state index in [0.717, 1.165) is 17.7 Å². The van der Waals surface area contributed by atoms with E-state index in [-0.39, 0.29) is 18.5 Å². The van der Waals surface area contributed by atoms with Crippen molar-refractivity contribution < 1.29 is 9.18 Å². The van der Waals surface area contributed by atoms with Crippen LogP contribution in [0.1, 0.15) is 22.7 Å². The molecule has 2 amide bonds. The Hall–Kier alpha value is -2.43. The number of carbonyl (C=O) groups excluding carboxylic acids is 1. The Labute approximate surface area is 136 Å². The normalized spacial score (nSPS) is 11.7. The van der Waals surface area contributed by atoms with Crippen LogP contribution in [0, 0.1) is 6.92 Å². The zero-order valence-corrected chi connectivity index (χ0v) is 13.3. The zero-order chi connectivity index (χ0) is 16.5. The van der Waals surface area contributed by atoms with Gasteiger partial charge in [0.25, 0.3) is 0 Å². The number of amides is 2. The lowest BCUT2D eigenvalue weighted by Gasteiger charge is -2.18. The van der Waals surface area contributed by atoms with Gasteiger partial charge in [-0.25, -0.2) is 9.18 Å². The summed E-state index contributed by atoms with van der Waals surface area (Å²) >= 11 is 0. The van der Waals surface area contributed by atoms with Crippen LogP contribution < -0.4 is 10.6 Å². The molecule has 1 atom stereocenters. The Balaban J connectivity index is 2.06. The van der Waals surface area contributed by atoms with Gasteiger partial charge in [0, 0.05) is 30.9 Å². The third-order valence-corrected chi connectivity index (χ3v) is 3.58. The molecule has 0 radical (unpaired) electrons. The van der Waals surface area contributed by atoms with Crippen LogP contribution in [0.15, 0.2) is 48.7 Å². The van der Waals surface area contributed by atoms with Gasteiger partial charge in [0.15, 0.2) is 0 Å². The minimum absolute atomic E-state index is 0.0290. The SMILES string of the molecule is Cc1cccc(C(CNC(=O)NCCF)Cc2ccccn2)c1. The van der Waals surface area contributed by atoms with E-state index in [2.05, 4.69) is 27.8 Å². The second kappa shape index (κ2) is 8.88. The molecule has 0 fully saturated rings. The van der Waals surface area contributed by atoms with Crippen LogP contribution in [0.3, 0.4) is 0 Å². The highest BCUT2D eigenvalue weighted by atomic mass is 19.1. The van der Waals surface area contributed by atoms with Crippen LogP contribution in [-0.4, -0.2) is 30.8 Å². The molecule has 23 heavy (non-hydrogen) atoms. The Morgan fingerprint density at radius 2 is 2.09 bits per heavy atom. The number of benzene rings is 1. The predicted octanol–water partition coefficient (Wildman–Crippen LogP) is 2.99. The largest absolute Gasteiger partial charge is 0.338 e. The number of hydrogen-bond acceptors (Lipinski definition) is 2. The van der Waals surface area contributed by atoms with Crippen LogP contribution in [0.5, 0.6) is 0 Å². The summed E-state index contributed by atoms with van der Waals surface area (Å²) in [5, 5.41) is 5.28. The smallest absolute Gasteiger partial charge is 0.314 e. The van der Waals surface area contributed by atoms with Crippen molar-refractivity contribution in [3.8, 4) is 0 Å². The highest BCUT2D eigenvalue weighted by molar-refractivity contribution is 5.73. The third kappa shape index (κ3) is 5.70. The molecule has 2 rings (SSSR count). The number of rotatable bonds is 7. The van der Waals surface area contributed by atoms with Gasteiger partial charge in [-0.1, -0.05) is 35.9 Å². The lowest BCUT2D eigenvalue weighted by atomic mass is 9.93. The van der Waals surface area contributed by atoms with Gasteiger partial charge in [-0.05, 0) is 31.0 Å². The van der Waals surface area contributed by atoms with Crippen molar-refractivity contribution >= 4 is 6.03 Å². The first-order valence-corrected chi connectivity index (χ1v) is 7.73. The third-order valence-electron chi connectivity index (χ3n) is 3.58. The summed E-state index contributed by atoms with van der Waals surface area (Å²) in [6.07, 6.45) is 2.50. The fraction of sp³-hybridized carbons (Fsp3) is 0.333. The molecule has 5 heteroatoms. The van der Waals surface area contributed by atoms with E-state index in [9.17, 15) is 9.18 Å². The molecule has 0 aliphatic heterocycles. The average molecular weight is 315 g/mol. The molecule has 0 bridgehead atoms. The monoisotopic (exact) mass is 315 g/mol. The number of halogens is 1. The maximum Gasteiger partial charge on any atom is 0.314 e. The van der Waals surface area contributed by atoms with Crippen LogP contribution in [0.2, 0.25) is 0 Å². The summed E-state index contributed by atoms with van der Waals surface area (Å²) in [6.45, 7) is 1.98. The molecule has 0 saturated heterocycles. The first kappa shape index (κ1) is 16.9. The molecule has 0 spiro atoms. The van der Waals surface area contributed by atoms with Crippen LogP contribution in [0.25, 0.3) is 0 Å². The van der Waals surface area contributed by atoms with Crippen molar-refractivity contribution in [3.05, 3.63) is 65.5 Å². The Kier molecular flexibility index (Phi) is 6.54. The summed E-state index contributed by atoms with van der Waals surface area (Å²) in [4.78, 5) is 16.0. The van der Waals surface area contributed by atoms with E-state index in [1.807, 2.05) is 37.3 Å². The molecular weight excluding hydrogens is 293 g/mol. The van der Waals surface area contributed by atoms with Crippen LogP contribution in [0.4, 0.5) is 9.18 Å². The van der Waals surface area contributed by atoms with Crippen molar-refractivity contribution in [2.75, 3.05) is 19.8 Å². The topological polar surface area (TPSA) is 54.0 Å². The molecule has 0 saturated carbocycles. The number of carbonyl (C=O) groups is 1. The van der Waals surface area contributed by atoms with Gasteiger partial charge in [-0.15, -0.1) is 0 Å². The van der Waals surface area contributed by atoms with Crippen LogP contribution in [-0.2, 0) is 6.42 Å². The summed E-state index contributed by atoms with van der Waals surface area (Å²) in [7, 11) is 0. The van der Waals surface area contributed by atoms with Crippen molar-refractivity contribution in [3.63, 3.8) is 0 Å². The number of nitrogens with one attached hydrogen (secondary N) is 2. The number of aromatic nitrogens is 1. The quantitative estimate of drug-likeness (QED) is 0.825. The van der Waals surface area contributed by atoms with Gasteiger partial charge in [-0.2, -0.15) is 0 Å². The minimum atomic E-state index is -0.567. The molecule has 1 aromatic heterocycles. The van der Waals surface area contributed by atoms with Crippen LogP contribution >= 0.6 is 0 Å². The molecular formula is C18H22FN3O. The van der Waals surface area contributed by atoms with E-state index in [0.29, 0.717) is 6.54 Å². The van der Waals surface area contributed by atoms with E-state index in [4.69, 9.17) is 0 Å². The Bertz CT molecular complexity index is 619. The molecule has 2 aromatic rings. The van der Waals surface area contributed by atoms with Crippen molar-refractivity contribution in [2.24, 2.45) is 0 Å². The minimum Gasteiger partial charge on any atom is -0.338 e. The van der Waals surface area contributed by atoms with Crippen molar-refractivity contribution in [2.45, 2.75) is 19.3 Å². The van der Waals surface area contributed by atoms with Gasteiger partial charge in [-0.3, -0.25) is 4.98 Å². The van der Waals surface area contributed by atoms with Crippen molar-refractivity contribution in [1.82, 2.24) is 15.6 Å².